The van der Waals surface area contributed by atoms with Crippen LogP contribution in [0.1, 0.15) is 72.4 Å². The van der Waals surface area contributed by atoms with Crippen molar-refractivity contribution in [2.45, 2.75) is 84.0 Å². The fourth-order valence-corrected chi connectivity index (χ4v) is 6.68. The lowest BCUT2D eigenvalue weighted by Gasteiger charge is -2.39. The summed E-state index contributed by atoms with van der Waals surface area (Å²) in [6, 6.07) is 18.4. The fraction of sp³-hybridized carbons (Fsp3) is 0.441. The third-order valence-corrected chi connectivity index (χ3v) is 9.38. The van der Waals surface area contributed by atoms with Crippen molar-refractivity contribution in [3.8, 4) is 10.4 Å². The Hall–Kier alpha value is -3.93. The number of carbonyl (C=O) groups is 3. The Morgan fingerprint density at radius 3 is 2.56 bits per heavy atom. The van der Waals surface area contributed by atoms with Crippen molar-refractivity contribution in [2.24, 2.45) is 0 Å². The summed E-state index contributed by atoms with van der Waals surface area (Å²) in [5.74, 6) is -0.673. The van der Waals surface area contributed by atoms with Crippen LogP contribution in [0, 0.1) is 6.92 Å². The highest BCUT2D eigenvalue weighted by atomic mass is 32.1. The average molecular weight is 635 g/mol. The molecule has 4 atom stereocenters. The van der Waals surface area contributed by atoms with Crippen molar-refractivity contribution < 1.29 is 29.0 Å². The van der Waals surface area contributed by atoms with Crippen molar-refractivity contribution in [1.29, 1.82) is 0 Å². The summed E-state index contributed by atoms with van der Waals surface area (Å²) in [6.07, 6.45) is 1.05. The highest BCUT2D eigenvalue weighted by Crippen LogP contribution is 2.31. The minimum absolute atomic E-state index is 0.00557. The molecule has 1 unspecified atom stereocenters. The molecule has 1 aliphatic heterocycles. The van der Waals surface area contributed by atoms with E-state index >= 15 is 0 Å². The largest absolute Gasteiger partial charge is 0.426 e. The van der Waals surface area contributed by atoms with E-state index in [0.717, 1.165) is 48.2 Å². The Labute approximate surface area is 268 Å². The molecule has 0 bridgehead atoms. The molecule has 2 fully saturated rings. The molecule has 2 aromatic carbocycles. The molecular formula is C34H42N4O6S. The summed E-state index contributed by atoms with van der Waals surface area (Å²) >= 11 is 1.76. The van der Waals surface area contributed by atoms with Crippen molar-refractivity contribution >= 4 is 35.0 Å². The molecule has 0 radical (unpaired) electrons. The van der Waals surface area contributed by atoms with Crippen LogP contribution in [0.5, 0.6) is 0 Å². The second-order valence-corrected chi connectivity index (χ2v) is 13.1. The summed E-state index contributed by atoms with van der Waals surface area (Å²) in [7, 11) is 0. The molecule has 1 saturated carbocycles. The Bertz CT molecular complexity index is 1520. The third kappa shape index (κ3) is 8.62. The van der Waals surface area contributed by atoms with E-state index in [9.17, 15) is 19.5 Å². The van der Waals surface area contributed by atoms with Crippen LogP contribution in [0.4, 0.5) is 10.5 Å². The van der Waals surface area contributed by atoms with Gasteiger partial charge in [0.15, 0.2) is 0 Å². The molecule has 2 amide bonds. The second kappa shape index (κ2) is 14.4. The predicted octanol–water partition coefficient (Wildman–Crippen LogP) is 5.36. The summed E-state index contributed by atoms with van der Waals surface area (Å²) in [5, 5.41) is 19.9. The van der Waals surface area contributed by atoms with Gasteiger partial charge in [-0.05, 0) is 80.1 Å². The predicted molar refractivity (Wildman–Crippen MR) is 174 cm³/mol. The van der Waals surface area contributed by atoms with Crippen molar-refractivity contribution in [2.75, 3.05) is 18.4 Å². The molecule has 11 heteroatoms. The van der Waals surface area contributed by atoms with E-state index in [1.54, 1.807) is 11.3 Å². The molecule has 2 aliphatic rings. The maximum atomic E-state index is 13.4. The monoisotopic (exact) mass is 634 g/mol. The van der Waals surface area contributed by atoms with Gasteiger partial charge in [-0.15, -0.1) is 11.3 Å². The molecule has 3 aromatic rings. The lowest BCUT2D eigenvalue weighted by Crippen LogP contribution is -2.57. The Morgan fingerprint density at radius 2 is 1.82 bits per heavy atom. The van der Waals surface area contributed by atoms with E-state index in [4.69, 9.17) is 9.47 Å². The number of nitrogens with zero attached hydrogens (tertiary/aromatic N) is 1. The number of aliphatic hydroxyl groups is 1. The van der Waals surface area contributed by atoms with Gasteiger partial charge < -0.3 is 35.4 Å². The minimum atomic E-state index is -0.945. The SMILES string of the molecule is CC(=O)OC(C)OC(=O)N1CC(Nc2ccc(C)c(C(=O)N[C@H](C)c3cccc(-c4ccc(CN[C@H]5CC[C@@H](O)C5)s4)c3)c2)C1. The molecule has 1 aromatic heterocycles. The standard InChI is InChI=1S/C34H42N4O6S/c1-20-8-9-27(37-28-18-38(19-28)34(42)44-23(4)43-22(3)39)16-31(20)33(41)36-21(2)24-6-5-7-25(14-24)32-13-12-30(45-32)17-35-26-10-11-29(40)15-26/h5-9,12-14,16,21,23,26,28-29,35,37,40H,10-11,15,17-19H2,1-4H3,(H,36,41)/t21-,23?,26+,29-/m1/s1. The number of ether oxygens (including phenoxy) is 2. The van der Waals surface area contributed by atoms with Gasteiger partial charge in [0, 0.05) is 60.5 Å². The van der Waals surface area contributed by atoms with E-state index in [2.05, 4.69) is 40.2 Å². The molecule has 5 rings (SSSR count). The van der Waals surface area contributed by atoms with Crippen LogP contribution in [0.25, 0.3) is 10.4 Å². The maximum Gasteiger partial charge on any atom is 0.412 e. The zero-order valence-electron chi connectivity index (χ0n) is 26.2. The van der Waals surface area contributed by atoms with E-state index in [1.165, 1.54) is 28.5 Å². The molecule has 4 N–H and O–H groups in total. The molecule has 45 heavy (non-hydrogen) atoms. The van der Waals surface area contributed by atoms with Crippen molar-refractivity contribution in [3.63, 3.8) is 0 Å². The first-order chi connectivity index (χ1) is 21.5. The highest BCUT2D eigenvalue weighted by molar-refractivity contribution is 7.15. The first-order valence-electron chi connectivity index (χ1n) is 15.5. The number of esters is 1. The number of nitrogens with one attached hydrogen (secondary N) is 3. The van der Waals surface area contributed by atoms with Gasteiger partial charge in [0.2, 0.25) is 6.29 Å². The van der Waals surface area contributed by atoms with Crippen molar-refractivity contribution in [3.05, 3.63) is 76.2 Å². The maximum absolute atomic E-state index is 13.4. The molecule has 240 valence electrons. The number of carbonyl (C=O) groups excluding carboxylic acids is 3. The summed E-state index contributed by atoms with van der Waals surface area (Å²) < 4.78 is 9.97. The molecule has 1 saturated heterocycles. The van der Waals surface area contributed by atoms with Gasteiger partial charge in [-0.2, -0.15) is 0 Å². The molecular weight excluding hydrogens is 592 g/mol. The third-order valence-electron chi connectivity index (χ3n) is 8.24. The number of amides is 2. The number of benzene rings is 2. The fourth-order valence-electron chi connectivity index (χ4n) is 5.72. The Morgan fingerprint density at radius 1 is 1.02 bits per heavy atom. The van der Waals surface area contributed by atoms with Gasteiger partial charge in [-0.25, -0.2) is 4.79 Å². The van der Waals surface area contributed by atoms with Gasteiger partial charge in [0.05, 0.1) is 18.2 Å². The van der Waals surface area contributed by atoms with Gasteiger partial charge in [0.25, 0.3) is 5.91 Å². The molecule has 2 heterocycles. The van der Waals surface area contributed by atoms with Crippen LogP contribution < -0.4 is 16.0 Å². The second-order valence-electron chi connectivity index (χ2n) is 12.0. The van der Waals surface area contributed by atoms with E-state index in [0.29, 0.717) is 24.7 Å². The van der Waals surface area contributed by atoms with Crippen LogP contribution >= 0.6 is 11.3 Å². The average Bonchev–Trinajstić information content (AvgIpc) is 3.62. The summed E-state index contributed by atoms with van der Waals surface area (Å²) in [6.45, 7) is 8.31. The van der Waals surface area contributed by atoms with Gasteiger partial charge in [-0.3, -0.25) is 9.59 Å². The minimum Gasteiger partial charge on any atom is -0.426 e. The smallest absolute Gasteiger partial charge is 0.412 e. The number of hydrogen-bond acceptors (Lipinski definition) is 9. The summed E-state index contributed by atoms with van der Waals surface area (Å²) in [4.78, 5) is 40.6. The number of thiophene rings is 1. The topological polar surface area (TPSA) is 129 Å². The quantitative estimate of drug-likeness (QED) is 0.164. The number of hydrogen-bond donors (Lipinski definition) is 4. The van der Waals surface area contributed by atoms with E-state index < -0.39 is 18.4 Å². The number of rotatable bonds is 11. The van der Waals surface area contributed by atoms with Crippen molar-refractivity contribution in [1.82, 2.24) is 15.5 Å². The summed E-state index contributed by atoms with van der Waals surface area (Å²) in [5.41, 5.74) is 4.37. The van der Waals surface area contributed by atoms with Crippen LogP contribution in [0.3, 0.4) is 0 Å². The lowest BCUT2D eigenvalue weighted by atomic mass is 10.0. The van der Waals surface area contributed by atoms with Gasteiger partial charge in [0.1, 0.15) is 0 Å². The zero-order chi connectivity index (χ0) is 32.1. The van der Waals surface area contributed by atoms with Gasteiger partial charge in [-0.1, -0.05) is 24.3 Å². The number of aryl methyl sites for hydroxylation is 1. The van der Waals surface area contributed by atoms with Gasteiger partial charge >= 0.3 is 12.1 Å². The Kier molecular flexibility index (Phi) is 10.4. The highest BCUT2D eigenvalue weighted by Gasteiger charge is 2.33. The normalized spacial score (nSPS) is 19.4. The first-order valence-corrected chi connectivity index (χ1v) is 16.3. The first kappa shape index (κ1) is 32.5. The van der Waals surface area contributed by atoms with E-state index in [1.807, 2.05) is 44.2 Å². The van der Waals surface area contributed by atoms with Crippen LogP contribution in [-0.2, 0) is 20.8 Å². The van der Waals surface area contributed by atoms with Crippen LogP contribution in [0.2, 0.25) is 0 Å². The molecule has 1 aliphatic carbocycles. The Balaban J connectivity index is 1.14. The number of anilines is 1. The lowest BCUT2D eigenvalue weighted by molar-refractivity contribution is -0.163. The number of likely N-dealkylation sites (tertiary alicyclic amines) is 1. The molecule has 10 nitrogen and oxygen atoms in total. The number of aliphatic hydroxyl groups excluding tert-OH is 1. The van der Waals surface area contributed by atoms with Crippen LogP contribution in [0.15, 0.2) is 54.6 Å². The zero-order valence-corrected chi connectivity index (χ0v) is 27.0. The van der Waals surface area contributed by atoms with E-state index in [-0.39, 0.29) is 24.1 Å². The van der Waals surface area contributed by atoms with Crippen LogP contribution in [-0.4, -0.2) is 65.5 Å². The molecule has 0 spiro atoms.